The van der Waals surface area contributed by atoms with E-state index in [0.717, 1.165) is 32.0 Å². The largest absolute Gasteiger partial charge is 0.386 e. The summed E-state index contributed by atoms with van der Waals surface area (Å²) in [7, 11) is 0. The van der Waals surface area contributed by atoms with E-state index in [-0.39, 0.29) is 0 Å². The van der Waals surface area contributed by atoms with E-state index in [1.807, 2.05) is 13.0 Å². The van der Waals surface area contributed by atoms with Crippen LogP contribution in [0, 0.1) is 0 Å². The zero-order chi connectivity index (χ0) is 15.6. The number of hydrogen-bond donors (Lipinski definition) is 2. The summed E-state index contributed by atoms with van der Waals surface area (Å²) < 4.78 is 5.62. The van der Waals surface area contributed by atoms with Crippen LogP contribution in [0.5, 0.6) is 0 Å². The molecule has 0 aliphatic rings. The number of hydrogen-bond acceptors (Lipinski definition) is 3. The number of nitrogens with one attached hydrogen (secondary N) is 1. The summed E-state index contributed by atoms with van der Waals surface area (Å²) in [5.74, 6) is 0.754. The third-order valence-corrected chi connectivity index (χ3v) is 3.75. The first-order chi connectivity index (χ1) is 10.3. The fraction of sp³-hybridized carbons (Fsp3) is 0.889. The lowest BCUT2D eigenvalue weighted by atomic mass is 10.1. The Labute approximate surface area is 132 Å². The second kappa shape index (κ2) is 17.4. The van der Waals surface area contributed by atoms with Gasteiger partial charge in [0.2, 0.25) is 0 Å². The number of nitrogens with two attached hydrogens (primary N) is 1. The molecule has 0 aliphatic carbocycles. The zero-order valence-corrected chi connectivity index (χ0v) is 14.5. The molecule has 0 bridgehead atoms. The molecule has 0 aliphatic heterocycles. The number of unbranched alkanes of at least 4 members (excludes halogenated alkanes) is 9. The van der Waals surface area contributed by atoms with Gasteiger partial charge in [-0.2, -0.15) is 0 Å². The SMILES string of the molecule is CC=C(N)NCCCOCCCCCCCCCCCC. The van der Waals surface area contributed by atoms with Crippen molar-refractivity contribution in [1.29, 1.82) is 0 Å². The fourth-order valence-corrected chi connectivity index (χ4v) is 2.30. The standard InChI is InChI=1S/C18H38N2O/c1-3-5-6-7-8-9-10-11-12-13-16-21-17-14-15-20-18(19)4-2/h4,20H,3,5-17,19H2,1-2H3. The minimum absolute atomic E-state index is 0.754. The predicted molar refractivity (Wildman–Crippen MR) is 93.2 cm³/mol. The Balaban J connectivity index is 2.99. The van der Waals surface area contributed by atoms with Gasteiger partial charge in [-0.15, -0.1) is 0 Å². The van der Waals surface area contributed by atoms with Crippen molar-refractivity contribution >= 4 is 0 Å². The molecule has 21 heavy (non-hydrogen) atoms. The van der Waals surface area contributed by atoms with Crippen LogP contribution in [0.25, 0.3) is 0 Å². The van der Waals surface area contributed by atoms with Crippen LogP contribution in [0.15, 0.2) is 11.9 Å². The van der Waals surface area contributed by atoms with Crippen molar-refractivity contribution in [2.24, 2.45) is 5.73 Å². The smallest absolute Gasteiger partial charge is 0.0916 e. The Bertz CT molecular complexity index is 229. The normalized spacial score (nSPS) is 11.8. The molecule has 126 valence electrons. The zero-order valence-electron chi connectivity index (χ0n) is 14.5. The lowest BCUT2D eigenvalue weighted by molar-refractivity contribution is 0.128. The van der Waals surface area contributed by atoms with Crippen molar-refractivity contribution in [1.82, 2.24) is 5.32 Å². The molecule has 3 N–H and O–H groups in total. The van der Waals surface area contributed by atoms with Gasteiger partial charge >= 0.3 is 0 Å². The van der Waals surface area contributed by atoms with E-state index in [1.165, 1.54) is 64.2 Å². The molecule has 3 heteroatoms. The van der Waals surface area contributed by atoms with Gasteiger partial charge in [0.05, 0.1) is 5.82 Å². The highest BCUT2D eigenvalue weighted by Crippen LogP contribution is 2.10. The minimum atomic E-state index is 0.754. The fourth-order valence-electron chi connectivity index (χ4n) is 2.30. The van der Waals surface area contributed by atoms with Gasteiger partial charge in [0, 0.05) is 19.8 Å². The van der Waals surface area contributed by atoms with Gasteiger partial charge in [-0.05, 0) is 25.8 Å². The maximum absolute atomic E-state index is 5.64. The van der Waals surface area contributed by atoms with Crippen molar-refractivity contribution in [3.63, 3.8) is 0 Å². The number of rotatable bonds is 16. The second-order valence-electron chi connectivity index (χ2n) is 5.82. The molecule has 0 unspecified atom stereocenters. The van der Waals surface area contributed by atoms with Crippen LogP contribution in [0.4, 0.5) is 0 Å². The lowest BCUT2D eigenvalue weighted by Crippen LogP contribution is -2.21. The molecule has 0 saturated carbocycles. The first-order valence-corrected chi connectivity index (χ1v) is 9.04. The van der Waals surface area contributed by atoms with Crippen LogP contribution < -0.4 is 11.1 Å². The van der Waals surface area contributed by atoms with Crippen LogP contribution in [-0.4, -0.2) is 19.8 Å². The van der Waals surface area contributed by atoms with Gasteiger partial charge in [0.25, 0.3) is 0 Å². The topological polar surface area (TPSA) is 47.3 Å². The van der Waals surface area contributed by atoms with Crippen molar-refractivity contribution in [2.75, 3.05) is 19.8 Å². The van der Waals surface area contributed by atoms with E-state index < -0.39 is 0 Å². The van der Waals surface area contributed by atoms with Crippen LogP contribution in [0.1, 0.15) is 84.5 Å². The van der Waals surface area contributed by atoms with E-state index in [1.54, 1.807) is 0 Å². The number of allylic oxidation sites excluding steroid dienone is 1. The lowest BCUT2D eigenvalue weighted by Gasteiger charge is -2.07. The summed E-state index contributed by atoms with van der Waals surface area (Å²) in [5, 5.41) is 3.13. The number of ether oxygens (including phenoxy) is 1. The molecule has 0 aromatic carbocycles. The molecule has 0 rings (SSSR count). The summed E-state index contributed by atoms with van der Waals surface area (Å²) in [4.78, 5) is 0. The molecular formula is C18H38N2O. The van der Waals surface area contributed by atoms with E-state index in [4.69, 9.17) is 10.5 Å². The van der Waals surface area contributed by atoms with E-state index >= 15 is 0 Å². The average molecular weight is 299 g/mol. The average Bonchev–Trinajstić information content (AvgIpc) is 2.50. The van der Waals surface area contributed by atoms with Gasteiger partial charge < -0.3 is 15.8 Å². The van der Waals surface area contributed by atoms with Crippen molar-refractivity contribution < 1.29 is 4.74 Å². The Morgan fingerprint density at radius 1 is 0.857 bits per heavy atom. The van der Waals surface area contributed by atoms with E-state index in [9.17, 15) is 0 Å². The Kier molecular flexibility index (Phi) is 16.8. The third kappa shape index (κ3) is 17.2. The van der Waals surface area contributed by atoms with Gasteiger partial charge in [-0.3, -0.25) is 0 Å². The third-order valence-electron chi connectivity index (χ3n) is 3.75. The maximum atomic E-state index is 5.64. The second-order valence-corrected chi connectivity index (χ2v) is 5.82. The van der Waals surface area contributed by atoms with Crippen LogP contribution in [0.2, 0.25) is 0 Å². The monoisotopic (exact) mass is 298 g/mol. The maximum Gasteiger partial charge on any atom is 0.0916 e. The minimum Gasteiger partial charge on any atom is -0.386 e. The highest BCUT2D eigenvalue weighted by Gasteiger charge is 1.94. The molecule has 0 spiro atoms. The predicted octanol–water partition coefficient (Wildman–Crippen LogP) is 4.72. The summed E-state index contributed by atoms with van der Waals surface area (Å²) in [5.41, 5.74) is 5.64. The summed E-state index contributed by atoms with van der Waals surface area (Å²) in [6.07, 6.45) is 16.7. The van der Waals surface area contributed by atoms with Gasteiger partial charge in [0.1, 0.15) is 0 Å². The van der Waals surface area contributed by atoms with E-state index in [2.05, 4.69) is 12.2 Å². The quantitative estimate of drug-likeness (QED) is 0.405. The molecule has 0 heterocycles. The van der Waals surface area contributed by atoms with Crippen molar-refractivity contribution in [3.8, 4) is 0 Å². The molecule has 0 aromatic rings. The molecular weight excluding hydrogens is 260 g/mol. The first-order valence-electron chi connectivity index (χ1n) is 9.04. The summed E-state index contributed by atoms with van der Waals surface area (Å²) in [6.45, 7) is 6.85. The Morgan fingerprint density at radius 2 is 1.38 bits per heavy atom. The summed E-state index contributed by atoms with van der Waals surface area (Å²) in [6, 6.07) is 0. The highest BCUT2D eigenvalue weighted by molar-refractivity contribution is 4.89. The molecule has 3 nitrogen and oxygen atoms in total. The molecule has 0 fully saturated rings. The molecule has 0 saturated heterocycles. The van der Waals surface area contributed by atoms with Gasteiger partial charge in [0.15, 0.2) is 0 Å². The van der Waals surface area contributed by atoms with Crippen molar-refractivity contribution in [2.45, 2.75) is 84.5 Å². The van der Waals surface area contributed by atoms with Gasteiger partial charge in [-0.1, -0.05) is 64.7 Å². The van der Waals surface area contributed by atoms with Crippen LogP contribution in [0.3, 0.4) is 0 Å². The van der Waals surface area contributed by atoms with E-state index in [0.29, 0.717) is 0 Å². The Hall–Kier alpha value is -0.700. The molecule has 0 atom stereocenters. The Morgan fingerprint density at radius 3 is 1.95 bits per heavy atom. The van der Waals surface area contributed by atoms with Gasteiger partial charge in [-0.25, -0.2) is 0 Å². The van der Waals surface area contributed by atoms with Crippen LogP contribution >= 0.6 is 0 Å². The van der Waals surface area contributed by atoms with Crippen molar-refractivity contribution in [3.05, 3.63) is 11.9 Å². The highest BCUT2D eigenvalue weighted by atomic mass is 16.5. The summed E-state index contributed by atoms with van der Waals surface area (Å²) >= 11 is 0. The molecule has 0 radical (unpaired) electrons. The molecule has 0 amide bonds. The first kappa shape index (κ1) is 20.3. The molecule has 0 aromatic heterocycles. The van der Waals surface area contributed by atoms with Crippen LogP contribution in [-0.2, 0) is 4.74 Å².